The molecule has 0 aliphatic heterocycles. The summed E-state index contributed by atoms with van der Waals surface area (Å²) in [4.78, 5) is 21.5. The van der Waals surface area contributed by atoms with E-state index in [-0.39, 0.29) is 5.97 Å². The van der Waals surface area contributed by atoms with E-state index >= 15 is 0 Å². The van der Waals surface area contributed by atoms with Gasteiger partial charge in [0.1, 0.15) is 12.3 Å². The Bertz CT molecular complexity index is 1060. The van der Waals surface area contributed by atoms with Crippen LogP contribution in [-0.4, -0.2) is 44.1 Å². The molecule has 0 aliphatic carbocycles. The maximum absolute atomic E-state index is 11.5. The highest BCUT2D eigenvalue weighted by Crippen LogP contribution is 2.31. The van der Waals surface area contributed by atoms with Crippen LogP contribution in [0, 0.1) is 0 Å². The van der Waals surface area contributed by atoms with Crippen LogP contribution in [0.3, 0.4) is 0 Å². The maximum Gasteiger partial charge on any atom is 0.305 e. The van der Waals surface area contributed by atoms with Gasteiger partial charge in [-0.1, -0.05) is 41.6 Å². The molecule has 33 heavy (non-hydrogen) atoms. The second-order valence-electron chi connectivity index (χ2n) is 7.33. The minimum atomic E-state index is -0.573. The molecule has 0 bridgehead atoms. The highest BCUT2D eigenvalue weighted by Gasteiger charge is 2.22. The average molecular weight is 451 g/mol. The molecular weight excluding hydrogens is 420 g/mol. The predicted octanol–water partition coefficient (Wildman–Crippen LogP) is 5.03. The molecule has 1 heterocycles. The van der Waals surface area contributed by atoms with Gasteiger partial charge in [-0.05, 0) is 42.7 Å². The van der Waals surface area contributed by atoms with E-state index in [0.29, 0.717) is 38.2 Å². The van der Waals surface area contributed by atoms with Crippen molar-refractivity contribution in [3.05, 3.63) is 77.6 Å². The Hall–Kier alpha value is -3.29. The molecule has 0 radical (unpaired) electrons. The number of unbranched alkanes of at least 4 members (excludes halogenated alkanes) is 1. The zero-order valence-electron chi connectivity index (χ0n) is 19.3. The molecule has 174 valence electrons. The Morgan fingerprint density at radius 2 is 1.85 bits per heavy atom. The topological polar surface area (TPSA) is 79.2 Å². The molecule has 0 atom stereocenters. The van der Waals surface area contributed by atoms with Gasteiger partial charge in [0.25, 0.3) is 0 Å². The third-order valence-corrected chi connectivity index (χ3v) is 5.14. The van der Waals surface area contributed by atoms with Crippen LogP contribution >= 0.6 is 0 Å². The molecule has 0 saturated heterocycles. The van der Waals surface area contributed by atoms with Gasteiger partial charge >= 0.3 is 5.97 Å². The summed E-state index contributed by atoms with van der Waals surface area (Å²) in [5.74, 6) is -0.192. The highest BCUT2D eigenvalue weighted by molar-refractivity contribution is 6.20. The lowest BCUT2D eigenvalue weighted by atomic mass is 9.92. The molecule has 0 aliphatic rings. The number of oxime groups is 1. The fraction of sp³-hybridized carbons (Fsp3) is 0.346. The van der Waals surface area contributed by atoms with Crippen LogP contribution in [-0.2, 0) is 23.8 Å². The van der Waals surface area contributed by atoms with E-state index in [2.05, 4.69) is 10.1 Å². The fourth-order valence-corrected chi connectivity index (χ4v) is 3.62. The van der Waals surface area contributed by atoms with Gasteiger partial charge in [-0.15, -0.1) is 0 Å². The molecular formula is C26H30N2O5. The molecule has 7 nitrogen and oxygen atoms in total. The average Bonchev–Trinajstić information content (AvgIpc) is 2.85. The van der Waals surface area contributed by atoms with E-state index in [1.807, 2.05) is 48.5 Å². The van der Waals surface area contributed by atoms with Gasteiger partial charge in [0.2, 0.25) is 0 Å². The third kappa shape index (κ3) is 6.37. The highest BCUT2D eigenvalue weighted by atomic mass is 16.7. The predicted molar refractivity (Wildman–Crippen MR) is 127 cm³/mol. The molecule has 0 saturated carbocycles. The van der Waals surface area contributed by atoms with Crippen molar-refractivity contribution >= 4 is 22.5 Å². The summed E-state index contributed by atoms with van der Waals surface area (Å²) in [5, 5.41) is 6.59. The van der Waals surface area contributed by atoms with E-state index < -0.39 is 6.29 Å². The van der Waals surface area contributed by atoms with E-state index in [9.17, 15) is 4.79 Å². The summed E-state index contributed by atoms with van der Waals surface area (Å²) >= 11 is 0. The Labute approximate surface area is 194 Å². The summed E-state index contributed by atoms with van der Waals surface area (Å²) < 4.78 is 16.1. The largest absolute Gasteiger partial charge is 0.466 e. The SMILES string of the molecule is CCOC(=O)CCCCO/N=C(/c1cccnc1)c1c(C(OC)OC)ccc2ccccc12. The maximum atomic E-state index is 11.5. The number of rotatable bonds is 12. The van der Waals surface area contributed by atoms with Crippen molar-refractivity contribution in [2.24, 2.45) is 5.16 Å². The molecule has 0 fully saturated rings. The Morgan fingerprint density at radius 3 is 2.58 bits per heavy atom. The number of esters is 1. The summed E-state index contributed by atoms with van der Waals surface area (Å²) in [6.07, 6.45) is 4.62. The lowest BCUT2D eigenvalue weighted by Crippen LogP contribution is -2.14. The number of aromatic nitrogens is 1. The molecule has 3 aromatic rings. The Balaban J connectivity index is 1.95. The molecule has 3 rings (SSSR count). The summed E-state index contributed by atoms with van der Waals surface area (Å²) in [5.41, 5.74) is 3.15. The van der Waals surface area contributed by atoms with Crippen molar-refractivity contribution in [3.63, 3.8) is 0 Å². The monoisotopic (exact) mass is 450 g/mol. The van der Waals surface area contributed by atoms with Gasteiger partial charge in [0.15, 0.2) is 6.29 Å². The zero-order valence-corrected chi connectivity index (χ0v) is 19.3. The molecule has 0 amide bonds. The first kappa shape index (κ1) is 24.4. The normalized spacial score (nSPS) is 11.7. The van der Waals surface area contributed by atoms with Gasteiger partial charge in [-0.2, -0.15) is 0 Å². The number of methoxy groups -OCH3 is 2. The lowest BCUT2D eigenvalue weighted by Gasteiger charge is -2.20. The minimum absolute atomic E-state index is 0.192. The van der Waals surface area contributed by atoms with Crippen LogP contribution in [0.2, 0.25) is 0 Å². The van der Waals surface area contributed by atoms with E-state index in [4.69, 9.17) is 19.0 Å². The van der Waals surface area contributed by atoms with E-state index in [1.165, 1.54) is 0 Å². The fourth-order valence-electron chi connectivity index (χ4n) is 3.62. The number of fused-ring (bicyclic) bond motifs is 1. The second-order valence-corrected chi connectivity index (χ2v) is 7.33. The van der Waals surface area contributed by atoms with Crippen LogP contribution in [0.1, 0.15) is 49.2 Å². The molecule has 2 aromatic carbocycles. The third-order valence-electron chi connectivity index (χ3n) is 5.14. The number of nitrogens with zero attached hydrogens (tertiary/aromatic N) is 2. The van der Waals surface area contributed by atoms with Gasteiger partial charge in [-0.25, -0.2) is 0 Å². The van der Waals surface area contributed by atoms with Crippen molar-refractivity contribution in [2.75, 3.05) is 27.4 Å². The first-order valence-electron chi connectivity index (χ1n) is 11.0. The molecule has 1 aromatic heterocycles. The number of benzene rings is 2. The number of hydrogen-bond donors (Lipinski definition) is 0. The summed E-state index contributed by atoms with van der Waals surface area (Å²) in [7, 11) is 3.21. The second kappa shape index (κ2) is 12.7. The molecule has 0 N–H and O–H groups in total. The molecule has 0 unspecified atom stereocenters. The smallest absolute Gasteiger partial charge is 0.305 e. The number of hydrogen-bond acceptors (Lipinski definition) is 7. The summed E-state index contributed by atoms with van der Waals surface area (Å²) in [6, 6.07) is 15.9. The van der Waals surface area contributed by atoms with Crippen molar-refractivity contribution in [1.82, 2.24) is 4.98 Å². The van der Waals surface area contributed by atoms with E-state index in [1.54, 1.807) is 33.5 Å². The lowest BCUT2D eigenvalue weighted by molar-refractivity contribution is -0.143. The van der Waals surface area contributed by atoms with Gasteiger partial charge in [0.05, 0.1) is 6.61 Å². The quantitative estimate of drug-likeness (QED) is 0.127. The van der Waals surface area contributed by atoms with Crippen LogP contribution in [0.15, 0.2) is 66.1 Å². The van der Waals surface area contributed by atoms with Crippen molar-refractivity contribution in [3.8, 4) is 0 Å². The van der Waals surface area contributed by atoms with Crippen LogP contribution in [0.5, 0.6) is 0 Å². The van der Waals surface area contributed by atoms with Gasteiger partial charge in [0, 0.05) is 49.7 Å². The number of ether oxygens (including phenoxy) is 3. The van der Waals surface area contributed by atoms with Crippen LogP contribution < -0.4 is 0 Å². The van der Waals surface area contributed by atoms with Gasteiger partial charge < -0.3 is 19.0 Å². The molecule has 0 spiro atoms. The summed E-state index contributed by atoms with van der Waals surface area (Å²) in [6.45, 7) is 2.57. The minimum Gasteiger partial charge on any atom is -0.466 e. The number of carbonyl (C=O) groups excluding carboxylic acids is 1. The van der Waals surface area contributed by atoms with E-state index in [0.717, 1.165) is 27.5 Å². The van der Waals surface area contributed by atoms with Crippen molar-refractivity contribution < 1.29 is 23.8 Å². The standard InChI is InChI=1S/C26H30N2O5/c1-4-32-23(29)13-7-8-17-33-28-25(20-11-9-16-27-18-20)24-21-12-6-5-10-19(21)14-15-22(24)26(30-2)31-3/h5-6,9-12,14-16,18,26H,4,7-8,13,17H2,1-3H3/b28-25-. The molecule has 7 heteroatoms. The number of carbonyl (C=O) groups is 1. The Kier molecular flexibility index (Phi) is 9.35. The first-order chi connectivity index (χ1) is 16.2. The Morgan fingerprint density at radius 1 is 1.03 bits per heavy atom. The first-order valence-corrected chi connectivity index (χ1v) is 11.0. The van der Waals surface area contributed by atoms with Crippen molar-refractivity contribution in [1.29, 1.82) is 0 Å². The van der Waals surface area contributed by atoms with Gasteiger partial charge in [-0.3, -0.25) is 9.78 Å². The number of pyridine rings is 1. The van der Waals surface area contributed by atoms with Crippen molar-refractivity contribution in [2.45, 2.75) is 32.5 Å². The van der Waals surface area contributed by atoms with Crippen LogP contribution in [0.25, 0.3) is 10.8 Å². The van der Waals surface area contributed by atoms with Crippen LogP contribution in [0.4, 0.5) is 0 Å². The zero-order chi connectivity index (χ0) is 23.5.